The number of rotatable bonds is 18. The third-order valence-corrected chi connectivity index (χ3v) is 8.18. The Kier molecular flexibility index (Phi) is 14.3. The van der Waals surface area contributed by atoms with Gasteiger partial charge in [-0.1, -0.05) is 110 Å². The largest absolute Gasteiger partial charge is 0.467 e. The predicted molar refractivity (Wildman–Crippen MR) is 167 cm³/mol. The molecule has 0 radical (unpaired) electrons. The van der Waals surface area contributed by atoms with Crippen molar-refractivity contribution >= 4 is 23.6 Å². The van der Waals surface area contributed by atoms with Crippen LogP contribution in [0.5, 0.6) is 0 Å². The van der Waals surface area contributed by atoms with Gasteiger partial charge in [-0.15, -0.1) is 11.8 Å². The maximum absolute atomic E-state index is 12.2. The molecule has 0 aromatic heterocycles. The number of aliphatic hydroxyl groups is 1. The SMILES string of the molecule is COC(=O)COCCOCCNC(=O)CC(O)C=CCC(C)SC(c1ccccc1)(c1ccccc1)c1ccccc1. The smallest absolute Gasteiger partial charge is 0.331 e. The van der Waals surface area contributed by atoms with Crippen molar-refractivity contribution in [1.29, 1.82) is 0 Å². The summed E-state index contributed by atoms with van der Waals surface area (Å²) < 4.78 is 14.5. The molecule has 2 N–H and O–H groups in total. The maximum Gasteiger partial charge on any atom is 0.331 e. The molecular formula is C34H41NO6S. The average molecular weight is 592 g/mol. The van der Waals surface area contributed by atoms with Crippen LogP contribution >= 0.6 is 11.8 Å². The number of allylic oxidation sites excluding steroid dienone is 1. The van der Waals surface area contributed by atoms with Crippen molar-refractivity contribution < 1.29 is 28.9 Å². The molecule has 0 saturated carbocycles. The third kappa shape index (κ3) is 10.4. The molecule has 0 aliphatic carbocycles. The van der Waals surface area contributed by atoms with Crippen LogP contribution in [0.25, 0.3) is 0 Å². The van der Waals surface area contributed by atoms with Crippen molar-refractivity contribution in [2.24, 2.45) is 0 Å². The molecule has 42 heavy (non-hydrogen) atoms. The Labute approximate surface area is 253 Å². The van der Waals surface area contributed by atoms with Gasteiger partial charge < -0.3 is 24.6 Å². The van der Waals surface area contributed by atoms with E-state index in [9.17, 15) is 14.7 Å². The second kappa shape index (κ2) is 18.2. The molecule has 0 aliphatic heterocycles. The highest BCUT2D eigenvalue weighted by atomic mass is 32.2. The minimum atomic E-state index is -0.878. The van der Waals surface area contributed by atoms with E-state index in [1.165, 1.54) is 23.8 Å². The van der Waals surface area contributed by atoms with Crippen LogP contribution < -0.4 is 5.32 Å². The van der Waals surface area contributed by atoms with E-state index < -0.39 is 16.8 Å². The topological polar surface area (TPSA) is 94.1 Å². The number of ether oxygens (including phenoxy) is 3. The van der Waals surface area contributed by atoms with Gasteiger partial charge >= 0.3 is 5.97 Å². The van der Waals surface area contributed by atoms with Crippen LogP contribution in [0.4, 0.5) is 0 Å². The summed E-state index contributed by atoms with van der Waals surface area (Å²) in [7, 11) is 1.30. The first kappa shape index (κ1) is 33.1. The molecule has 3 aromatic rings. The normalized spacial score (nSPS) is 13.0. The highest BCUT2D eigenvalue weighted by molar-refractivity contribution is 8.01. The first-order valence-corrected chi connectivity index (χ1v) is 15.0. The van der Waals surface area contributed by atoms with Gasteiger partial charge in [0, 0.05) is 11.8 Å². The van der Waals surface area contributed by atoms with Crippen molar-refractivity contribution in [3.05, 3.63) is 120 Å². The van der Waals surface area contributed by atoms with Gasteiger partial charge in [-0.25, -0.2) is 4.79 Å². The molecule has 224 valence electrons. The Morgan fingerprint density at radius 1 is 0.857 bits per heavy atom. The fourth-order valence-corrected chi connectivity index (χ4v) is 6.15. The van der Waals surface area contributed by atoms with Crippen molar-refractivity contribution in [3.63, 3.8) is 0 Å². The van der Waals surface area contributed by atoms with Gasteiger partial charge in [0.15, 0.2) is 0 Å². The zero-order chi connectivity index (χ0) is 30.0. The van der Waals surface area contributed by atoms with Gasteiger partial charge in [0.2, 0.25) is 5.91 Å². The summed E-state index contributed by atoms with van der Waals surface area (Å²) in [6, 6.07) is 31.7. The fraction of sp³-hybridized carbons (Fsp3) is 0.353. The van der Waals surface area contributed by atoms with Gasteiger partial charge in [-0.05, 0) is 23.1 Å². The highest BCUT2D eigenvalue weighted by Crippen LogP contribution is 2.50. The van der Waals surface area contributed by atoms with Gasteiger partial charge in [0.05, 0.1) is 44.2 Å². The summed E-state index contributed by atoms with van der Waals surface area (Å²) in [5, 5.41) is 13.4. The van der Waals surface area contributed by atoms with E-state index in [4.69, 9.17) is 9.47 Å². The quantitative estimate of drug-likeness (QED) is 0.0918. The molecule has 0 fully saturated rings. The zero-order valence-electron chi connectivity index (χ0n) is 24.3. The molecular weight excluding hydrogens is 550 g/mol. The van der Waals surface area contributed by atoms with Crippen LogP contribution in [-0.2, 0) is 28.5 Å². The highest BCUT2D eigenvalue weighted by Gasteiger charge is 2.38. The van der Waals surface area contributed by atoms with E-state index in [2.05, 4.69) is 89.8 Å². The number of nitrogens with one attached hydrogen (secondary N) is 1. The van der Waals surface area contributed by atoms with E-state index in [1.807, 2.05) is 36.0 Å². The number of esters is 1. The van der Waals surface area contributed by atoms with Crippen molar-refractivity contribution in [3.8, 4) is 0 Å². The zero-order valence-corrected chi connectivity index (χ0v) is 25.1. The average Bonchev–Trinajstić information content (AvgIpc) is 3.02. The van der Waals surface area contributed by atoms with Crippen LogP contribution in [0.1, 0.15) is 36.5 Å². The Hall–Kier alpha value is -3.43. The number of amides is 1. The Balaban J connectivity index is 1.52. The number of carbonyl (C=O) groups excluding carboxylic acids is 2. The Bertz CT molecular complexity index is 1130. The molecule has 2 atom stereocenters. The van der Waals surface area contributed by atoms with Crippen LogP contribution in [-0.4, -0.2) is 68.4 Å². The first-order valence-electron chi connectivity index (χ1n) is 14.1. The molecule has 2 unspecified atom stereocenters. The third-order valence-electron chi connectivity index (χ3n) is 6.53. The van der Waals surface area contributed by atoms with Gasteiger partial charge in [-0.2, -0.15) is 0 Å². The second-order valence-electron chi connectivity index (χ2n) is 9.73. The number of thioether (sulfide) groups is 1. The summed E-state index contributed by atoms with van der Waals surface area (Å²) in [6.45, 7) is 3.26. The van der Waals surface area contributed by atoms with Gasteiger partial charge in [0.1, 0.15) is 6.61 Å². The molecule has 1 amide bonds. The minimum absolute atomic E-state index is 0.0255. The number of benzene rings is 3. The molecule has 0 aliphatic rings. The van der Waals surface area contributed by atoms with Crippen LogP contribution in [0.2, 0.25) is 0 Å². The number of carbonyl (C=O) groups is 2. The predicted octanol–water partition coefficient (Wildman–Crippen LogP) is 5.12. The van der Waals surface area contributed by atoms with Gasteiger partial charge in [0.25, 0.3) is 0 Å². The number of hydrogen-bond acceptors (Lipinski definition) is 7. The van der Waals surface area contributed by atoms with Crippen LogP contribution in [0, 0.1) is 0 Å². The lowest BCUT2D eigenvalue weighted by molar-refractivity contribution is -0.146. The number of aliphatic hydroxyl groups excluding tert-OH is 1. The Morgan fingerprint density at radius 2 is 1.38 bits per heavy atom. The van der Waals surface area contributed by atoms with Gasteiger partial charge in [-0.3, -0.25) is 4.79 Å². The molecule has 3 rings (SSSR count). The lowest BCUT2D eigenvalue weighted by atomic mass is 9.84. The lowest BCUT2D eigenvalue weighted by Crippen LogP contribution is -2.30. The summed E-state index contributed by atoms with van der Waals surface area (Å²) >= 11 is 1.88. The Morgan fingerprint density at radius 3 is 1.90 bits per heavy atom. The van der Waals surface area contributed by atoms with Crippen molar-refractivity contribution in [2.75, 3.05) is 40.1 Å². The molecule has 3 aromatic carbocycles. The van der Waals surface area contributed by atoms with E-state index in [1.54, 1.807) is 6.08 Å². The molecule has 0 spiro atoms. The monoisotopic (exact) mass is 591 g/mol. The van der Waals surface area contributed by atoms with Crippen LogP contribution in [0.15, 0.2) is 103 Å². The molecule has 0 bridgehead atoms. The van der Waals surface area contributed by atoms with E-state index in [0.717, 1.165) is 6.42 Å². The van der Waals surface area contributed by atoms with Crippen molar-refractivity contribution in [2.45, 2.75) is 35.9 Å². The molecule has 8 heteroatoms. The summed E-state index contributed by atoms with van der Waals surface area (Å²) in [6.07, 6.45) is 3.47. The van der Waals surface area contributed by atoms with E-state index >= 15 is 0 Å². The summed E-state index contributed by atoms with van der Waals surface area (Å²) in [5.41, 5.74) is 3.62. The van der Waals surface area contributed by atoms with Crippen molar-refractivity contribution in [1.82, 2.24) is 5.32 Å². The second-order valence-corrected chi connectivity index (χ2v) is 11.4. The number of methoxy groups -OCH3 is 1. The molecule has 0 saturated heterocycles. The molecule has 7 nitrogen and oxygen atoms in total. The fourth-order valence-electron chi connectivity index (χ4n) is 4.53. The first-order chi connectivity index (χ1) is 20.5. The summed E-state index contributed by atoms with van der Waals surface area (Å²) in [4.78, 5) is 23.2. The maximum atomic E-state index is 12.2. The minimum Gasteiger partial charge on any atom is -0.467 e. The van der Waals surface area contributed by atoms with Crippen LogP contribution in [0.3, 0.4) is 0 Å². The lowest BCUT2D eigenvalue weighted by Gasteiger charge is -2.37. The standard InChI is InChI=1S/C34H41NO6S/c1-27(13-12-20-31(36)25-32(37)35-21-22-40-23-24-41-26-33(38)39-2)42-34(28-14-6-3-7-15-28,29-16-8-4-9-17-29)30-18-10-5-11-19-30/h3-12,14-20,27,31,36H,13,21-26H2,1-2H3,(H,35,37). The van der Waals surface area contributed by atoms with E-state index in [-0.39, 0.29) is 30.8 Å². The van der Waals surface area contributed by atoms with E-state index in [0.29, 0.717) is 19.8 Å². The number of hydrogen-bond donors (Lipinski definition) is 2. The summed E-state index contributed by atoms with van der Waals surface area (Å²) in [5.74, 6) is -0.695. The molecule has 0 heterocycles.